The highest BCUT2D eigenvalue weighted by Crippen LogP contribution is 2.23. The Bertz CT molecular complexity index is 569. The fraction of sp³-hybridized carbons (Fsp3) is 0.250. The van der Waals surface area contributed by atoms with Gasteiger partial charge in [-0.15, -0.1) is 0 Å². The van der Waals surface area contributed by atoms with Crippen molar-refractivity contribution in [3.63, 3.8) is 0 Å². The third-order valence-electron chi connectivity index (χ3n) is 3.21. The molecule has 0 saturated carbocycles. The minimum atomic E-state index is -0.336. The lowest BCUT2D eigenvalue weighted by Gasteiger charge is -2.15. The van der Waals surface area contributed by atoms with E-state index in [-0.39, 0.29) is 17.7 Å². The largest absolute Gasteiger partial charge is 0.310 e. The SMILES string of the molecule is CC(NCCc1ccc(F)cc1)c1ccc(F)cc1Cl. The quantitative estimate of drug-likeness (QED) is 0.855. The van der Waals surface area contributed by atoms with E-state index < -0.39 is 0 Å². The molecule has 0 aliphatic heterocycles. The van der Waals surface area contributed by atoms with E-state index >= 15 is 0 Å². The van der Waals surface area contributed by atoms with Crippen LogP contribution in [-0.2, 0) is 6.42 Å². The van der Waals surface area contributed by atoms with Gasteiger partial charge in [0.25, 0.3) is 0 Å². The zero-order valence-corrected chi connectivity index (χ0v) is 11.9. The number of halogens is 3. The maximum atomic E-state index is 13.0. The third kappa shape index (κ3) is 4.02. The highest BCUT2D eigenvalue weighted by Gasteiger charge is 2.09. The molecule has 20 heavy (non-hydrogen) atoms. The summed E-state index contributed by atoms with van der Waals surface area (Å²) in [7, 11) is 0. The molecule has 2 aromatic rings. The van der Waals surface area contributed by atoms with Gasteiger partial charge < -0.3 is 5.32 Å². The molecule has 2 rings (SSSR count). The molecule has 1 atom stereocenters. The number of rotatable bonds is 5. The molecule has 0 bridgehead atoms. The maximum absolute atomic E-state index is 13.0. The second kappa shape index (κ2) is 6.82. The molecular formula is C16H16ClF2N. The van der Waals surface area contributed by atoms with Crippen LogP contribution in [0.25, 0.3) is 0 Å². The molecule has 0 aliphatic carbocycles. The molecule has 0 fully saturated rings. The lowest BCUT2D eigenvalue weighted by molar-refractivity contribution is 0.572. The zero-order valence-electron chi connectivity index (χ0n) is 11.2. The normalized spacial score (nSPS) is 12.4. The molecule has 1 nitrogen and oxygen atoms in total. The summed E-state index contributed by atoms with van der Waals surface area (Å²) in [6.07, 6.45) is 0.795. The van der Waals surface area contributed by atoms with Crippen molar-refractivity contribution in [2.75, 3.05) is 6.54 Å². The third-order valence-corrected chi connectivity index (χ3v) is 3.53. The van der Waals surface area contributed by atoms with E-state index in [4.69, 9.17) is 11.6 Å². The molecule has 4 heteroatoms. The van der Waals surface area contributed by atoms with Crippen molar-refractivity contribution in [1.82, 2.24) is 5.32 Å². The van der Waals surface area contributed by atoms with Crippen LogP contribution in [0.15, 0.2) is 42.5 Å². The Balaban J connectivity index is 1.88. The molecule has 1 N–H and O–H groups in total. The second-order valence-electron chi connectivity index (χ2n) is 4.72. The summed E-state index contributed by atoms with van der Waals surface area (Å²) < 4.78 is 25.8. The number of nitrogens with one attached hydrogen (secondary N) is 1. The van der Waals surface area contributed by atoms with Gasteiger partial charge in [0.2, 0.25) is 0 Å². The highest BCUT2D eigenvalue weighted by molar-refractivity contribution is 6.31. The van der Waals surface area contributed by atoms with E-state index in [1.807, 2.05) is 6.92 Å². The average molecular weight is 296 g/mol. The first-order chi connectivity index (χ1) is 9.56. The lowest BCUT2D eigenvalue weighted by atomic mass is 10.1. The predicted octanol–water partition coefficient (Wildman–Crippen LogP) is 4.51. The highest BCUT2D eigenvalue weighted by atomic mass is 35.5. The molecular weight excluding hydrogens is 280 g/mol. The lowest BCUT2D eigenvalue weighted by Crippen LogP contribution is -2.21. The van der Waals surface area contributed by atoms with Crippen molar-refractivity contribution >= 4 is 11.6 Å². The van der Waals surface area contributed by atoms with Crippen molar-refractivity contribution in [3.8, 4) is 0 Å². The first-order valence-corrected chi connectivity index (χ1v) is 6.87. The Morgan fingerprint density at radius 3 is 2.35 bits per heavy atom. The van der Waals surface area contributed by atoms with Crippen LogP contribution < -0.4 is 5.32 Å². The van der Waals surface area contributed by atoms with Crippen molar-refractivity contribution < 1.29 is 8.78 Å². The first-order valence-electron chi connectivity index (χ1n) is 6.49. The van der Waals surface area contributed by atoms with E-state index in [1.165, 1.54) is 24.3 Å². The van der Waals surface area contributed by atoms with Gasteiger partial charge in [0.15, 0.2) is 0 Å². The van der Waals surface area contributed by atoms with Crippen molar-refractivity contribution in [3.05, 3.63) is 70.2 Å². The molecule has 2 aromatic carbocycles. The number of hydrogen-bond acceptors (Lipinski definition) is 1. The van der Waals surface area contributed by atoms with E-state index in [1.54, 1.807) is 18.2 Å². The Hall–Kier alpha value is -1.45. The summed E-state index contributed by atoms with van der Waals surface area (Å²) in [5.74, 6) is -0.564. The molecule has 0 spiro atoms. The van der Waals surface area contributed by atoms with E-state index in [9.17, 15) is 8.78 Å². The van der Waals surface area contributed by atoms with Crippen LogP contribution in [0.4, 0.5) is 8.78 Å². The molecule has 0 aromatic heterocycles. The fourth-order valence-electron chi connectivity index (χ4n) is 2.05. The Kier molecular flexibility index (Phi) is 5.10. The van der Waals surface area contributed by atoms with Gasteiger partial charge in [-0.3, -0.25) is 0 Å². The Morgan fingerprint density at radius 1 is 1.05 bits per heavy atom. The van der Waals surface area contributed by atoms with E-state index in [0.29, 0.717) is 5.02 Å². The smallest absolute Gasteiger partial charge is 0.124 e. The van der Waals surface area contributed by atoms with Gasteiger partial charge in [0.05, 0.1) is 0 Å². The predicted molar refractivity (Wildman–Crippen MR) is 77.9 cm³/mol. The van der Waals surface area contributed by atoms with Crippen molar-refractivity contribution in [1.29, 1.82) is 0 Å². The van der Waals surface area contributed by atoms with Gasteiger partial charge >= 0.3 is 0 Å². The molecule has 106 valence electrons. The molecule has 0 aliphatic rings. The zero-order chi connectivity index (χ0) is 14.5. The standard InChI is InChI=1S/C16H16ClF2N/c1-11(15-7-6-14(19)10-16(15)17)20-9-8-12-2-4-13(18)5-3-12/h2-7,10-11,20H,8-9H2,1H3. The van der Waals surface area contributed by atoms with Crippen LogP contribution in [0.2, 0.25) is 5.02 Å². The molecule has 0 amide bonds. The van der Waals surface area contributed by atoms with Crippen LogP contribution in [-0.4, -0.2) is 6.54 Å². The van der Waals surface area contributed by atoms with E-state index in [0.717, 1.165) is 24.1 Å². The summed E-state index contributed by atoms with van der Waals surface area (Å²) in [5, 5.41) is 3.74. The van der Waals surface area contributed by atoms with Gasteiger partial charge in [-0.2, -0.15) is 0 Å². The van der Waals surface area contributed by atoms with Crippen LogP contribution in [0.1, 0.15) is 24.1 Å². The van der Waals surface area contributed by atoms with Crippen molar-refractivity contribution in [2.24, 2.45) is 0 Å². The summed E-state index contributed by atoms with van der Waals surface area (Å²) in [6.45, 7) is 2.71. The summed E-state index contributed by atoms with van der Waals surface area (Å²) in [5.41, 5.74) is 1.93. The molecule has 0 heterocycles. The van der Waals surface area contributed by atoms with Gasteiger partial charge in [-0.05, 0) is 55.3 Å². The first kappa shape index (κ1) is 14.9. The van der Waals surface area contributed by atoms with Gasteiger partial charge in [0.1, 0.15) is 11.6 Å². The summed E-state index contributed by atoms with van der Waals surface area (Å²) in [4.78, 5) is 0. The Morgan fingerprint density at radius 2 is 1.70 bits per heavy atom. The van der Waals surface area contributed by atoms with Crippen LogP contribution in [0.3, 0.4) is 0 Å². The second-order valence-corrected chi connectivity index (χ2v) is 5.13. The van der Waals surface area contributed by atoms with Crippen molar-refractivity contribution in [2.45, 2.75) is 19.4 Å². The van der Waals surface area contributed by atoms with Gasteiger partial charge in [0, 0.05) is 11.1 Å². The van der Waals surface area contributed by atoms with Crippen LogP contribution >= 0.6 is 11.6 Å². The monoisotopic (exact) mass is 295 g/mol. The summed E-state index contributed by atoms with van der Waals surface area (Å²) in [6, 6.07) is 10.9. The van der Waals surface area contributed by atoms with Gasteiger partial charge in [-0.1, -0.05) is 29.8 Å². The topological polar surface area (TPSA) is 12.0 Å². The number of benzene rings is 2. The molecule has 0 saturated heterocycles. The maximum Gasteiger partial charge on any atom is 0.124 e. The minimum absolute atomic E-state index is 0.0311. The minimum Gasteiger partial charge on any atom is -0.310 e. The molecule has 1 unspecified atom stereocenters. The molecule has 0 radical (unpaired) electrons. The van der Waals surface area contributed by atoms with E-state index in [2.05, 4.69) is 5.32 Å². The number of hydrogen-bond donors (Lipinski definition) is 1. The van der Waals surface area contributed by atoms with Gasteiger partial charge in [-0.25, -0.2) is 8.78 Å². The van der Waals surface area contributed by atoms with Crippen LogP contribution in [0.5, 0.6) is 0 Å². The fourth-order valence-corrected chi connectivity index (χ4v) is 2.38. The summed E-state index contributed by atoms with van der Waals surface area (Å²) >= 11 is 6.02. The average Bonchev–Trinajstić information content (AvgIpc) is 2.41. The Labute approximate surface area is 122 Å². The van der Waals surface area contributed by atoms with Crippen LogP contribution in [0, 0.1) is 11.6 Å².